The van der Waals surface area contributed by atoms with E-state index in [0.29, 0.717) is 5.92 Å². The molecule has 0 spiro atoms. The molecule has 2 aromatic rings. The zero-order valence-corrected chi connectivity index (χ0v) is 11.7. The summed E-state index contributed by atoms with van der Waals surface area (Å²) in [7, 11) is 0. The smallest absolute Gasteiger partial charge is 0.136 e. The van der Waals surface area contributed by atoms with Gasteiger partial charge in [-0.2, -0.15) is 0 Å². The normalized spacial score (nSPS) is 16.4. The summed E-state index contributed by atoms with van der Waals surface area (Å²) >= 11 is 3.38. The highest BCUT2D eigenvalue weighted by atomic mass is 32.1. The Bertz CT molecular complexity index is 494. The molecule has 90 valence electrons. The van der Waals surface area contributed by atoms with Crippen molar-refractivity contribution in [2.45, 2.75) is 32.3 Å². The summed E-state index contributed by atoms with van der Waals surface area (Å²) in [4.78, 5) is 2.29. The molecule has 0 aromatic carbocycles. The van der Waals surface area contributed by atoms with E-state index in [0.717, 1.165) is 22.6 Å². The van der Waals surface area contributed by atoms with Gasteiger partial charge in [0.05, 0.1) is 0 Å². The fourth-order valence-electron chi connectivity index (χ4n) is 2.50. The first kappa shape index (κ1) is 11.5. The van der Waals surface area contributed by atoms with E-state index in [1.54, 1.807) is 22.7 Å². The van der Waals surface area contributed by atoms with E-state index in [4.69, 9.17) is 0 Å². The van der Waals surface area contributed by atoms with Crippen LogP contribution in [0, 0.1) is 19.8 Å². The lowest BCUT2D eigenvalue weighted by Gasteiger charge is -2.28. The maximum Gasteiger partial charge on any atom is 0.136 e. The van der Waals surface area contributed by atoms with Crippen LogP contribution >= 0.6 is 22.7 Å². The summed E-state index contributed by atoms with van der Waals surface area (Å²) in [5.74, 6) is 0.414. The Kier molecular flexibility index (Phi) is 2.65. The first-order valence-electron chi connectivity index (χ1n) is 5.95. The maximum absolute atomic E-state index is 11.3. The largest absolute Gasteiger partial charge is 0.378 e. The Morgan fingerprint density at radius 2 is 1.53 bits per heavy atom. The molecule has 0 atom stereocenters. The van der Waals surface area contributed by atoms with Crippen molar-refractivity contribution in [3.63, 3.8) is 0 Å². The van der Waals surface area contributed by atoms with Crippen molar-refractivity contribution >= 4 is 22.7 Å². The van der Waals surface area contributed by atoms with Crippen molar-refractivity contribution in [3.8, 4) is 0 Å². The second-order valence-corrected chi connectivity index (χ2v) is 6.74. The first-order chi connectivity index (χ1) is 8.14. The van der Waals surface area contributed by atoms with Gasteiger partial charge in [-0.25, -0.2) is 0 Å². The quantitative estimate of drug-likeness (QED) is 0.886. The average molecular weight is 264 g/mol. The molecule has 0 bridgehead atoms. The van der Waals surface area contributed by atoms with Crippen LogP contribution in [0.15, 0.2) is 22.9 Å². The molecule has 3 heteroatoms. The number of thiophene rings is 2. The molecule has 1 fully saturated rings. The minimum absolute atomic E-state index is 0.414. The summed E-state index contributed by atoms with van der Waals surface area (Å²) in [5, 5.41) is 15.4. The highest BCUT2D eigenvalue weighted by molar-refractivity contribution is 7.12. The number of aryl methyl sites for hydroxylation is 2. The Labute approximate surface area is 110 Å². The van der Waals surface area contributed by atoms with E-state index in [1.165, 1.54) is 11.1 Å². The van der Waals surface area contributed by atoms with Gasteiger partial charge < -0.3 is 5.11 Å². The fourth-order valence-corrected chi connectivity index (χ4v) is 4.79. The molecule has 1 aliphatic rings. The van der Waals surface area contributed by atoms with Crippen LogP contribution < -0.4 is 0 Å². The molecule has 0 amide bonds. The van der Waals surface area contributed by atoms with Crippen LogP contribution in [-0.4, -0.2) is 5.11 Å². The molecule has 0 radical (unpaired) electrons. The number of aliphatic hydroxyl groups is 1. The minimum atomic E-state index is -0.726. The Morgan fingerprint density at radius 1 is 1.06 bits per heavy atom. The SMILES string of the molecule is Cc1ccsc1C(O)(c1sccc1C)C1CC1. The standard InChI is InChI=1S/C14H16OS2/c1-9-5-7-16-12(9)14(15,11-3-4-11)13-10(2)6-8-17-13/h5-8,11,15H,3-4H2,1-2H3. The molecular weight excluding hydrogens is 248 g/mol. The van der Waals surface area contributed by atoms with Gasteiger partial charge in [-0.15, -0.1) is 22.7 Å². The van der Waals surface area contributed by atoms with Crippen LogP contribution in [0.2, 0.25) is 0 Å². The van der Waals surface area contributed by atoms with Gasteiger partial charge in [-0.3, -0.25) is 0 Å². The van der Waals surface area contributed by atoms with Crippen LogP contribution in [0.3, 0.4) is 0 Å². The van der Waals surface area contributed by atoms with E-state index in [2.05, 4.69) is 36.7 Å². The van der Waals surface area contributed by atoms with Gasteiger partial charge in [0, 0.05) is 9.75 Å². The topological polar surface area (TPSA) is 20.2 Å². The zero-order chi connectivity index (χ0) is 12.0. The van der Waals surface area contributed by atoms with Crippen LogP contribution in [0.1, 0.15) is 33.7 Å². The van der Waals surface area contributed by atoms with Gasteiger partial charge in [0.15, 0.2) is 0 Å². The Balaban J connectivity index is 2.17. The Hall–Kier alpha value is -0.640. The predicted molar refractivity (Wildman–Crippen MR) is 73.8 cm³/mol. The summed E-state index contributed by atoms with van der Waals surface area (Å²) in [6.45, 7) is 4.20. The highest BCUT2D eigenvalue weighted by Crippen LogP contribution is 2.53. The van der Waals surface area contributed by atoms with E-state index in [1.807, 2.05) is 0 Å². The van der Waals surface area contributed by atoms with Crippen molar-refractivity contribution in [2.75, 3.05) is 0 Å². The van der Waals surface area contributed by atoms with Crippen LogP contribution in [0.4, 0.5) is 0 Å². The van der Waals surface area contributed by atoms with E-state index >= 15 is 0 Å². The third-order valence-electron chi connectivity index (χ3n) is 3.58. The van der Waals surface area contributed by atoms with Crippen molar-refractivity contribution in [1.29, 1.82) is 0 Å². The predicted octanol–water partition coefficient (Wildman–Crippen LogP) is 4.07. The summed E-state index contributed by atoms with van der Waals surface area (Å²) in [6.07, 6.45) is 2.29. The molecule has 17 heavy (non-hydrogen) atoms. The lowest BCUT2D eigenvalue weighted by atomic mass is 9.90. The maximum atomic E-state index is 11.3. The van der Waals surface area contributed by atoms with E-state index < -0.39 is 5.60 Å². The molecule has 0 aliphatic heterocycles. The number of hydrogen-bond acceptors (Lipinski definition) is 3. The van der Waals surface area contributed by atoms with Gasteiger partial charge in [-0.1, -0.05) is 0 Å². The number of rotatable bonds is 3. The minimum Gasteiger partial charge on any atom is -0.378 e. The third-order valence-corrected chi connectivity index (χ3v) is 5.87. The van der Waals surface area contributed by atoms with Crippen molar-refractivity contribution in [3.05, 3.63) is 43.8 Å². The van der Waals surface area contributed by atoms with Crippen LogP contribution in [0.25, 0.3) is 0 Å². The molecule has 1 saturated carbocycles. The molecule has 2 aromatic heterocycles. The van der Waals surface area contributed by atoms with E-state index in [9.17, 15) is 5.11 Å². The second kappa shape index (κ2) is 3.94. The molecule has 2 heterocycles. The van der Waals surface area contributed by atoms with Crippen molar-refractivity contribution < 1.29 is 5.11 Å². The lowest BCUT2D eigenvalue weighted by molar-refractivity contribution is 0.0629. The summed E-state index contributed by atoms with van der Waals surface area (Å²) < 4.78 is 0. The molecular formula is C14H16OS2. The van der Waals surface area contributed by atoms with Gasteiger partial charge in [0.1, 0.15) is 5.60 Å². The molecule has 3 rings (SSSR count). The van der Waals surface area contributed by atoms with Crippen molar-refractivity contribution in [1.82, 2.24) is 0 Å². The first-order valence-corrected chi connectivity index (χ1v) is 7.71. The van der Waals surface area contributed by atoms with Gasteiger partial charge in [-0.05, 0) is 66.6 Å². The molecule has 0 unspecified atom stereocenters. The van der Waals surface area contributed by atoms with Crippen LogP contribution in [0.5, 0.6) is 0 Å². The lowest BCUT2D eigenvalue weighted by Crippen LogP contribution is -2.29. The van der Waals surface area contributed by atoms with Crippen molar-refractivity contribution in [2.24, 2.45) is 5.92 Å². The molecule has 1 nitrogen and oxygen atoms in total. The molecule has 0 saturated heterocycles. The van der Waals surface area contributed by atoms with Gasteiger partial charge in [0.25, 0.3) is 0 Å². The van der Waals surface area contributed by atoms with Gasteiger partial charge >= 0.3 is 0 Å². The number of hydrogen-bond donors (Lipinski definition) is 1. The second-order valence-electron chi connectivity index (χ2n) is 4.91. The third kappa shape index (κ3) is 1.68. The zero-order valence-electron chi connectivity index (χ0n) is 10.1. The monoisotopic (exact) mass is 264 g/mol. The fraction of sp³-hybridized carbons (Fsp3) is 0.429. The Morgan fingerprint density at radius 3 is 1.82 bits per heavy atom. The summed E-state index contributed by atoms with van der Waals surface area (Å²) in [5.41, 5.74) is 1.71. The summed E-state index contributed by atoms with van der Waals surface area (Å²) in [6, 6.07) is 4.21. The van der Waals surface area contributed by atoms with Gasteiger partial charge in [0.2, 0.25) is 0 Å². The van der Waals surface area contributed by atoms with Crippen LogP contribution in [-0.2, 0) is 5.60 Å². The average Bonchev–Trinajstić information content (AvgIpc) is 2.94. The highest BCUT2D eigenvalue weighted by Gasteiger charge is 2.49. The van der Waals surface area contributed by atoms with E-state index in [-0.39, 0.29) is 0 Å². The molecule has 1 N–H and O–H groups in total. The molecule has 1 aliphatic carbocycles.